The molecule has 0 aromatic heterocycles. The number of nitrogens with zero attached hydrogens (tertiary/aromatic N) is 1. The van der Waals surface area contributed by atoms with Crippen molar-refractivity contribution < 1.29 is 14.6 Å². The van der Waals surface area contributed by atoms with E-state index in [1.165, 1.54) is 0 Å². The number of ether oxygens (including phenoxy) is 1. The van der Waals surface area contributed by atoms with Crippen molar-refractivity contribution in [1.82, 2.24) is 5.32 Å². The highest BCUT2D eigenvalue weighted by Gasteiger charge is 2.30. The number of hydrogen-bond donors (Lipinski definition) is 2. The molecule has 1 aliphatic heterocycles. The first-order valence-corrected chi connectivity index (χ1v) is 8.16. The van der Waals surface area contributed by atoms with Gasteiger partial charge in [0.25, 0.3) is 0 Å². The van der Waals surface area contributed by atoms with Gasteiger partial charge in [0.2, 0.25) is 0 Å². The van der Waals surface area contributed by atoms with Crippen molar-refractivity contribution >= 4 is 11.7 Å². The summed E-state index contributed by atoms with van der Waals surface area (Å²) in [5, 5.41) is 13.8. The van der Waals surface area contributed by atoms with E-state index < -0.39 is 11.2 Å². The molecule has 1 aromatic carbocycles. The Hall–Kier alpha value is -1.59. The highest BCUT2D eigenvalue weighted by Crippen LogP contribution is 2.22. The van der Waals surface area contributed by atoms with Gasteiger partial charge in [-0.05, 0) is 64.4 Å². The van der Waals surface area contributed by atoms with Gasteiger partial charge < -0.3 is 20.1 Å². The maximum Gasteiger partial charge on any atom is 0.338 e. The van der Waals surface area contributed by atoms with Gasteiger partial charge in [-0.25, -0.2) is 4.79 Å². The lowest BCUT2D eigenvalue weighted by Crippen LogP contribution is -2.52. The van der Waals surface area contributed by atoms with Crippen LogP contribution in [0.25, 0.3) is 0 Å². The van der Waals surface area contributed by atoms with E-state index in [4.69, 9.17) is 4.74 Å². The fourth-order valence-electron chi connectivity index (χ4n) is 2.81. The van der Waals surface area contributed by atoms with Crippen LogP contribution in [0.4, 0.5) is 5.69 Å². The summed E-state index contributed by atoms with van der Waals surface area (Å²) in [6, 6.07) is 7.31. The summed E-state index contributed by atoms with van der Waals surface area (Å²) in [5.41, 5.74) is 0.312. The van der Waals surface area contributed by atoms with E-state index in [2.05, 4.69) is 5.32 Å². The van der Waals surface area contributed by atoms with E-state index in [0.717, 1.165) is 25.1 Å². The number of carbonyl (C=O) groups is 1. The van der Waals surface area contributed by atoms with Gasteiger partial charge in [0.15, 0.2) is 0 Å². The molecular weight excluding hydrogens is 292 g/mol. The van der Waals surface area contributed by atoms with Crippen LogP contribution in [0.2, 0.25) is 0 Å². The minimum atomic E-state index is -0.698. The van der Waals surface area contributed by atoms with E-state index in [0.29, 0.717) is 18.7 Å². The van der Waals surface area contributed by atoms with Crippen LogP contribution in [0.3, 0.4) is 0 Å². The topological polar surface area (TPSA) is 61.8 Å². The molecule has 5 heteroatoms. The van der Waals surface area contributed by atoms with Crippen LogP contribution < -0.4 is 10.2 Å². The lowest BCUT2D eigenvalue weighted by atomic mass is 9.93. The van der Waals surface area contributed by atoms with Crippen molar-refractivity contribution in [3.63, 3.8) is 0 Å². The molecule has 5 nitrogen and oxygen atoms in total. The van der Waals surface area contributed by atoms with E-state index in [9.17, 15) is 9.90 Å². The molecular formula is C18H28N2O3. The third-order valence-electron chi connectivity index (χ3n) is 3.92. The Kier molecular flexibility index (Phi) is 5.32. The number of carbonyl (C=O) groups excluding carboxylic acids is 1. The quantitative estimate of drug-likeness (QED) is 0.833. The molecule has 1 aromatic rings. The van der Waals surface area contributed by atoms with Gasteiger partial charge in [0.1, 0.15) is 5.60 Å². The molecule has 128 valence electrons. The molecule has 0 saturated carbocycles. The minimum Gasteiger partial charge on any atom is -0.456 e. The molecule has 0 aliphatic carbocycles. The molecule has 1 fully saturated rings. The molecule has 1 aliphatic rings. The molecule has 0 bridgehead atoms. The van der Waals surface area contributed by atoms with Crippen LogP contribution in [-0.2, 0) is 4.74 Å². The standard InChI is InChI=1S/C18H28N2O3/c1-17(2,3)23-16(21)14-6-8-15(9-7-14)20(4)13-18(22)10-5-11-19-12-18/h6-9,19,22H,5,10-13H2,1-4H3. The number of benzene rings is 1. The van der Waals surface area contributed by atoms with Crippen molar-refractivity contribution in [2.45, 2.75) is 44.8 Å². The first kappa shape index (κ1) is 17.8. The summed E-state index contributed by atoms with van der Waals surface area (Å²) in [6.45, 7) is 7.71. The zero-order valence-corrected chi connectivity index (χ0v) is 14.6. The summed E-state index contributed by atoms with van der Waals surface area (Å²) in [5.74, 6) is -0.318. The van der Waals surface area contributed by atoms with E-state index in [1.54, 1.807) is 12.1 Å². The number of β-amino-alcohol motifs (C(OH)–C–C–N with tert-alkyl or cyclic N) is 1. The van der Waals surface area contributed by atoms with Crippen LogP contribution in [0.5, 0.6) is 0 Å². The first-order chi connectivity index (χ1) is 10.7. The fourth-order valence-corrected chi connectivity index (χ4v) is 2.81. The van der Waals surface area contributed by atoms with Crippen molar-refractivity contribution in [2.75, 3.05) is 31.6 Å². The molecule has 1 saturated heterocycles. The fraction of sp³-hybridized carbons (Fsp3) is 0.611. The van der Waals surface area contributed by atoms with Crippen molar-refractivity contribution in [3.8, 4) is 0 Å². The molecule has 2 rings (SSSR count). The normalized spacial score (nSPS) is 21.8. The maximum absolute atomic E-state index is 12.0. The van der Waals surface area contributed by atoms with Gasteiger partial charge in [-0.2, -0.15) is 0 Å². The largest absolute Gasteiger partial charge is 0.456 e. The van der Waals surface area contributed by atoms with Gasteiger partial charge >= 0.3 is 5.97 Å². The third kappa shape index (κ3) is 5.22. The van der Waals surface area contributed by atoms with Gasteiger partial charge in [-0.15, -0.1) is 0 Å². The lowest BCUT2D eigenvalue weighted by Gasteiger charge is -2.36. The van der Waals surface area contributed by atoms with Gasteiger partial charge in [-0.3, -0.25) is 0 Å². The van der Waals surface area contributed by atoms with E-state index in [1.807, 2.05) is 44.9 Å². The number of likely N-dealkylation sites (N-methyl/N-ethyl adjacent to an activating group) is 1. The Labute approximate surface area is 138 Å². The Balaban J connectivity index is 1.99. The molecule has 1 heterocycles. The molecule has 1 unspecified atom stereocenters. The highest BCUT2D eigenvalue weighted by atomic mass is 16.6. The number of aliphatic hydroxyl groups is 1. The zero-order chi connectivity index (χ0) is 17.1. The van der Waals surface area contributed by atoms with Crippen molar-refractivity contribution in [3.05, 3.63) is 29.8 Å². The Bertz CT molecular complexity index is 528. The Morgan fingerprint density at radius 1 is 1.35 bits per heavy atom. The van der Waals surface area contributed by atoms with Crippen molar-refractivity contribution in [2.24, 2.45) is 0 Å². The second-order valence-corrected chi connectivity index (χ2v) is 7.41. The molecule has 23 heavy (non-hydrogen) atoms. The predicted octanol–water partition coefficient (Wildman–Crippen LogP) is 2.19. The average molecular weight is 320 g/mol. The monoisotopic (exact) mass is 320 g/mol. The Morgan fingerprint density at radius 2 is 2.00 bits per heavy atom. The molecule has 2 N–H and O–H groups in total. The van der Waals surface area contributed by atoms with Crippen molar-refractivity contribution in [1.29, 1.82) is 0 Å². The van der Waals surface area contributed by atoms with Gasteiger partial charge in [-0.1, -0.05) is 0 Å². The summed E-state index contributed by atoms with van der Waals surface area (Å²) >= 11 is 0. The van der Waals surface area contributed by atoms with Crippen LogP contribution in [0.15, 0.2) is 24.3 Å². The van der Waals surface area contributed by atoms with Gasteiger partial charge in [0, 0.05) is 25.8 Å². The average Bonchev–Trinajstić information content (AvgIpc) is 2.46. The first-order valence-electron chi connectivity index (χ1n) is 8.16. The predicted molar refractivity (Wildman–Crippen MR) is 91.9 cm³/mol. The lowest BCUT2D eigenvalue weighted by molar-refractivity contribution is 0.00691. The SMILES string of the molecule is CN(CC1(O)CCCNC1)c1ccc(C(=O)OC(C)(C)C)cc1. The molecule has 0 amide bonds. The summed E-state index contributed by atoms with van der Waals surface area (Å²) < 4.78 is 5.36. The third-order valence-corrected chi connectivity index (χ3v) is 3.92. The van der Waals surface area contributed by atoms with Gasteiger partial charge in [0.05, 0.1) is 11.2 Å². The maximum atomic E-state index is 12.0. The minimum absolute atomic E-state index is 0.318. The summed E-state index contributed by atoms with van der Waals surface area (Å²) in [6.07, 6.45) is 1.79. The number of rotatable bonds is 4. The van der Waals surface area contributed by atoms with Crippen LogP contribution in [0, 0.1) is 0 Å². The van der Waals surface area contributed by atoms with E-state index in [-0.39, 0.29) is 5.97 Å². The summed E-state index contributed by atoms with van der Waals surface area (Å²) in [7, 11) is 1.95. The van der Waals surface area contributed by atoms with E-state index >= 15 is 0 Å². The summed E-state index contributed by atoms with van der Waals surface area (Å²) in [4.78, 5) is 14.0. The second-order valence-electron chi connectivity index (χ2n) is 7.41. The number of piperidine rings is 1. The molecule has 1 atom stereocenters. The zero-order valence-electron chi connectivity index (χ0n) is 14.6. The smallest absolute Gasteiger partial charge is 0.338 e. The number of nitrogens with one attached hydrogen (secondary N) is 1. The van der Waals surface area contributed by atoms with Crippen LogP contribution >= 0.6 is 0 Å². The number of anilines is 1. The van der Waals surface area contributed by atoms with Crippen LogP contribution in [0.1, 0.15) is 44.0 Å². The highest BCUT2D eigenvalue weighted by molar-refractivity contribution is 5.90. The Morgan fingerprint density at radius 3 is 2.52 bits per heavy atom. The molecule has 0 spiro atoms. The second kappa shape index (κ2) is 6.89. The van der Waals surface area contributed by atoms with Crippen LogP contribution in [-0.4, -0.2) is 49.0 Å². The number of hydrogen-bond acceptors (Lipinski definition) is 5. The molecule has 0 radical (unpaired) electrons. The number of esters is 1.